The number of likely N-dealkylation sites (tertiary alicyclic amines) is 1. The molecule has 0 radical (unpaired) electrons. The first-order valence-corrected chi connectivity index (χ1v) is 10.4. The van der Waals surface area contributed by atoms with Crippen LogP contribution in [0.3, 0.4) is 0 Å². The summed E-state index contributed by atoms with van der Waals surface area (Å²) >= 11 is 0. The van der Waals surface area contributed by atoms with Gasteiger partial charge in [-0.1, -0.05) is 36.4 Å². The number of fused-ring (bicyclic) bond motifs is 2. The van der Waals surface area contributed by atoms with Gasteiger partial charge in [0.2, 0.25) is 0 Å². The number of amides is 1. The van der Waals surface area contributed by atoms with Crippen molar-refractivity contribution in [3.05, 3.63) is 82.4 Å². The van der Waals surface area contributed by atoms with Crippen molar-refractivity contribution in [2.24, 2.45) is 13.0 Å². The Bertz CT molecular complexity index is 1280. The predicted octanol–water partition coefficient (Wildman–Crippen LogP) is 3.28. The van der Waals surface area contributed by atoms with Gasteiger partial charge >= 0.3 is 0 Å². The molecule has 1 aromatic carbocycles. The van der Waals surface area contributed by atoms with Crippen LogP contribution in [0.25, 0.3) is 16.7 Å². The predicted molar refractivity (Wildman–Crippen MR) is 117 cm³/mol. The molecule has 4 heterocycles. The molecule has 0 N–H and O–H groups in total. The molecule has 0 unspecified atom stereocenters. The maximum atomic E-state index is 13.2. The molecular weight excluding hydrogens is 376 g/mol. The number of carbonyl (C=O) groups is 1. The molecule has 0 spiro atoms. The van der Waals surface area contributed by atoms with Crippen molar-refractivity contribution in [3.8, 4) is 0 Å². The lowest BCUT2D eigenvalue weighted by molar-refractivity contribution is 0.0681. The van der Waals surface area contributed by atoms with Crippen LogP contribution in [0.5, 0.6) is 0 Å². The van der Waals surface area contributed by atoms with Gasteiger partial charge in [0.25, 0.3) is 11.5 Å². The fourth-order valence-electron chi connectivity index (χ4n) is 4.48. The van der Waals surface area contributed by atoms with Crippen LogP contribution in [-0.2, 0) is 13.5 Å². The molecule has 30 heavy (non-hydrogen) atoms. The summed E-state index contributed by atoms with van der Waals surface area (Å²) in [6.07, 6.45) is 4.75. The second kappa shape index (κ2) is 7.44. The zero-order chi connectivity index (χ0) is 20.7. The molecule has 5 rings (SSSR count). The minimum atomic E-state index is -0.146. The maximum Gasteiger partial charge on any atom is 0.270 e. The summed E-state index contributed by atoms with van der Waals surface area (Å²) in [5.74, 6) is 0.572. The molecule has 4 aromatic rings. The van der Waals surface area contributed by atoms with Crippen LogP contribution in [0, 0.1) is 5.92 Å². The second-order valence-corrected chi connectivity index (χ2v) is 8.10. The molecule has 0 atom stereocenters. The molecule has 1 saturated heterocycles. The lowest BCUT2D eigenvalue weighted by atomic mass is 9.90. The van der Waals surface area contributed by atoms with E-state index < -0.39 is 0 Å². The monoisotopic (exact) mass is 400 g/mol. The summed E-state index contributed by atoms with van der Waals surface area (Å²) < 4.78 is 3.27. The van der Waals surface area contributed by atoms with Crippen molar-refractivity contribution < 1.29 is 4.79 Å². The highest BCUT2D eigenvalue weighted by Gasteiger charge is 2.26. The zero-order valence-corrected chi connectivity index (χ0v) is 17.0. The van der Waals surface area contributed by atoms with Crippen LogP contribution in [0.4, 0.5) is 0 Å². The fraction of sp³-hybridized carbons (Fsp3) is 0.292. The summed E-state index contributed by atoms with van der Waals surface area (Å²) in [6, 6.07) is 17.7. The zero-order valence-electron chi connectivity index (χ0n) is 17.0. The Morgan fingerprint density at radius 2 is 1.80 bits per heavy atom. The highest BCUT2D eigenvalue weighted by atomic mass is 16.2. The van der Waals surface area contributed by atoms with E-state index in [1.54, 1.807) is 29.0 Å². The maximum absolute atomic E-state index is 13.2. The first kappa shape index (κ1) is 18.6. The molecule has 6 nitrogen and oxygen atoms in total. The molecule has 1 aliphatic heterocycles. The highest BCUT2D eigenvalue weighted by molar-refractivity contribution is 5.98. The van der Waals surface area contributed by atoms with Gasteiger partial charge in [0.1, 0.15) is 17.0 Å². The van der Waals surface area contributed by atoms with Crippen LogP contribution in [0.1, 0.15) is 28.9 Å². The minimum absolute atomic E-state index is 0.0258. The van der Waals surface area contributed by atoms with Gasteiger partial charge in [-0.05, 0) is 48.9 Å². The van der Waals surface area contributed by atoms with Gasteiger partial charge in [0, 0.05) is 26.3 Å². The number of piperidine rings is 1. The summed E-state index contributed by atoms with van der Waals surface area (Å²) in [7, 11) is 1.81. The normalized spacial score (nSPS) is 15.2. The van der Waals surface area contributed by atoms with Gasteiger partial charge in [-0.15, -0.1) is 0 Å². The van der Waals surface area contributed by atoms with E-state index in [2.05, 4.69) is 29.2 Å². The van der Waals surface area contributed by atoms with Crippen LogP contribution in [0.2, 0.25) is 0 Å². The third-order valence-corrected chi connectivity index (χ3v) is 6.20. The Hall–Kier alpha value is -3.41. The summed E-state index contributed by atoms with van der Waals surface area (Å²) in [4.78, 5) is 32.6. The van der Waals surface area contributed by atoms with Gasteiger partial charge in [0.05, 0.1) is 5.39 Å². The van der Waals surface area contributed by atoms with E-state index in [-0.39, 0.29) is 11.5 Å². The minimum Gasteiger partial charge on any atom is -0.337 e. The van der Waals surface area contributed by atoms with E-state index in [1.165, 1.54) is 9.96 Å². The van der Waals surface area contributed by atoms with Crippen molar-refractivity contribution in [3.63, 3.8) is 0 Å². The molecular formula is C24H24N4O2. The number of hydrogen-bond acceptors (Lipinski definition) is 3. The van der Waals surface area contributed by atoms with Gasteiger partial charge in [0.15, 0.2) is 0 Å². The van der Waals surface area contributed by atoms with Crippen molar-refractivity contribution in [1.82, 2.24) is 18.9 Å². The Morgan fingerprint density at radius 1 is 1.07 bits per heavy atom. The van der Waals surface area contributed by atoms with E-state index in [0.717, 1.165) is 32.4 Å². The van der Waals surface area contributed by atoms with Gasteiger partial charge < -0.3 is 9.47 Å². The van der Waals surface area contributed by atoms with E-state index in [9.17, 15) is 9.59 Å². The van der Waals surface area contributed by atoms with Gasteiger partial charge in [-0.2, -0.15) is 0 Å². The third kappa shape index (κ3) is 3.18. The van der Waals surface area contributed by atoms with E-state index in [0.29, 0.717) is 28.3 Å². The average molecular weight is 400 g/mol. The van der Waals surface area contributed by atoms with E-state index in [4.69, 9.17) is 0 Å². The molecule has 0 saturated carbocycles. The Morgan fingerprint density at radius 3 is 2.57 bits per heavy atom. The molecule has 152 valence electrons. The van der Waals surface area contributed by atoms with Crippen LogP contribution in [0.15, 0.2) is 65.6 Å². The molecule has 1 amide bonds. The number of nitrogens with zero attached hydrogens (tertiary/aromatic N) is 4. The molecule has 0 bridgehead atoms. The number of carbonyl (C=O) groups excluding carboxylic acids is 1. The Kier molecular flexibility index (Phi) is 4.62. The summed E-state index contributed by atoms with van der Waals surface area (Å²) in [5, 5.41) is 0.475. The van der Waals surface area contributed by atoms with Crippen molar-refractivity contribution in [2.45, 2.75) is 19.3 Å². The Labute approximate surface area is 174 Å². The first-order valence-electron chi connectivity index (χ1n) is 10.4. The van der Waals surface area contributed by atoms with E-state index >= 15 is 0 Å². The van der Waals surface area contributed by atoms with Crippen LogP contribution >= 0.6 is 0 Å². The number of aryl methyl sites for hydroxylation is 1. The molecule has 3 aromatic heterocycles. The topological polar surface area (TPSA) is 59.6 Å². The SMILES string of the molecule is Cn1c(C(=O)N2CCC(Cc3ccccc3)CC2)cc2c(=O)n3ccccc3nc21. The smallest absolute Gasteiger partial charge is 0.270 e. The van der Waals surface area contributed by atoms with Crippen molar-refractivity contribution in [1.29, 1.82) is 0 Å². The molecule has 1 aliphatic rings. The number of aromatic nitrogens is 3. The number of hydrogen-bond donors (Lipinski definition) is 0. The fourth-order valence-corrected chi connectivity index (χ4v) is 4.48. The number of rotatable bonds is 3. The highest BCUT2D eigenvalue weighted by Crippen LogP contribution is 2.24. The average Bonchev–Trinajstić information content (AvgIpc) is 3.11. The van der Waals surface area contributed by atoms with Crippen LogP contribution in [-0.4, -0.2) is 37.8 Å². The number of pyridine rings is 1. The van der Waals surface area contributed by atoms with Crippen LogP contribution < -0.4 is 5.56 Å². The lowest BCUT2D eigenvalue weighted by Crippen LogP contribution is -2.39. The van der Waals surface area contributed by atoms with Crippen molar-refractivity contribution >= 4 is 22.6 Å². The summed E-state index contributed by atoms with van der Waals surface area (Å²) in [6.45, 7) is 1.48. The molecule has 6 heteroatoms. The first-order chi connectivity index (χ1) is 14.6. The van der Waals surface area contributed by atoms with E-state index in [1.807, 2.05) is 24.1 Å². The van der Waals surface area contributed by atoms with Gasteiger partial charge in [-0.25, -0.2) is 4.98 Å². The number of benzene rings is 1. The lowest BCUT2D eigenvalue weighted by Gasteiger charge is -2.32. The Balaban J connectivity index is 1.38. The summed E-state index contributed by atoms with van der Waals surface area (Å²) in [5.41, 5.74) is 2.86. The molecule has 0 aliphatic carbocycles. The second-order valence-electron chi connectivity index (χ2n) is 8.10. The third-order valence-electron chi connectivity index (χ3n) is 6.20. The quantitative estimate of drug-likeness (QED) is 0.530. The standard InChI is InChI=1S/C24H24N4O2/c1-26-20(16-19-22(26)25-21-9-5-6-12-28(21)23(19)29)24(30)27-13-10-18(11-14-27)15-17-7-3-2-4-8-17/h2-9,12,16,18H,10-11,13-15H2,1H3. The van der Waals surface area contributed by atoms with Crippen molar-refractivity contribution in [2.75, 3.05) is 13.1 Å². The van der Waals surface area contributed by atoms with Gasteiger partial charge in [-0.3, -0.25) is 14.0 Å². The molecule has 1 fully saturated rings. The largest absolute Gasteiger partial charge is 0.337 e.